The van der Waals surface area contributed by atoms with Crippen molar-refractivity contribution in [3.8, 4) is 0 Å². The van der Waals surface area contributed by atoms with Gasteiger partial charge in [0.05, 0.1) is 11.8 Å². The van der Waals surface area contributed by atoms with Gasteiger partial charge in [-0.05, 0) is 74.7 Å². The summed E-state index contributed by atoms with van der Waals surface area (Å²) < 4.78 is 1.67. The highest BCUT2D eigenvalue weighted by Gasteiger charge is 2.35. The molecule has 0 spiro atoms. The number of rotatable bonds is 5. The number of aromatic nitrogens is 2. The van der Waals surface area contributed by atoms with Crippen LogP contribution in [0.1, 0.15) is 45.6 Å². The molecule has 5 rings (SSSR count). The van der Waals surface area contributed by atoms with Crippen LogP contribution in [-0.2, 0) is 4.79 Å². The van der Waals surface area contributed by atoms with Gasteiger partial charge in [-0.25, -0.2) is 4.68 Å². The average Bonchev–Trinajstić information content (AvgIpc) is 3.28. The summed E-state index contributed by atoms with van der Waals surface area (Å²) in [5.41, 5.74) is 6.79. The number of anilines is 3. The number of halogens is 1. The Labute approximate surface area is 226 Å². The van der Waals surface area contributed by atoms with Crippen molar-refractivity contribution < 1.29 is 9.59 Å². The van der Waals surface area contributed by atoms with Gasteiger partial charge in [-0.2, -0.15) is 5.10 Å². The van der Waals surface area contributed by atoms with Crippen LogP contribution in [0.5, 0.6) is 0 Å². The number of fused-ring (bicyclic) bond motifs is 1. The van der Waals surface area contributed by atoms with E-state index in [9.17, 15) is 9.59 Å². The number of hydrogen-bond donors (Lipinski definition) is 3. The molecule has 0 aliphatic carbocycles. The molecule has 2 amide bonds. The Morgan fingerprint density at radius 1 is 0.895 bits per heavy atom. The number of benzene rings is 3. The van der Waals surface area contributed by atoms with Gasteiger partial charge in [0.1, 0.15) is 17.4 Å². The molecule has 7 nitrogen and oxygen atoms in total. The minimum absolute atomic E-state index is 0.265. The number of carbonyl (C=O) groups is 2. The molecule has 0 radical (unpaired) electrons. The number of hydrogen-bond acceptors (Lipinski definition) is 4. The molecule has 1 aliphatic rings. The maximum absolute atomic E-state index is 13.7. The molecule has 38 heavy (non-hydrogen) atoms. The molecule has 1 aromatic heterocycles. The van der Waals surface area contributed by atoms with Crippen molar-refractivity contribution >= 4 is 40.6 Å². The Hall–Kier alpha value is -4.36. The van der Waals surface area contributed by atoms with E-state index in [1.54, 1.807) is 10.7 Å². The highest BCUT2D eigenvalue weighted by molar-refractivity contribution is 6.30. The lowest BCUT2D eigenvalue weighted by atomic mass is 9.94. The van der Waals surface area contributed by atoms with Crippen molar-refractivity contribution in [1.29, 1.82) is 0 Å². The Kier molecular flexibility index (Phi) is 6.78. The molecule has 2 heterocycles. The maximum atomic E-state index is 13.7. The molecule has 0 fully saturated rings. The molecule has 0 unspecified atom stereocenters. The van der Waals surface area contributed by atoms with Crippen LogP contribution in [0.15, 0.2) is 84.2 Å². The van der Waals surface area contributed by atoms with Gasteiger partial charge >= 0.3 is 0 Å². The van der Waals surface area contributed by atoms with E-state index < -0.39 is 6.04 Å². The molecule has 0 saturated heterocycles. The fraction of sp³-hybridized carbons (Fsp3) is 0.167. The Bertz CT molecular complexity index is 1600. The van der Waals surface area contributed by atoms with E-state index in [0.717, 1.165) is 27.9 Å². The summed E-state index contributed by atoms with van der Waals surface area (Å²) in [7, 11) is 0. The average molecular weight is 526 g/mol. The van der Waals surface area contributed by atoms with Gasteiger partial charge in [0.25, 0.3) is 11.8 Å². The summed E-state index contributed by atoms with van der Waals surface area (Å²) in [6, 6.07) is 20.2. The number of nitrogens with zero attached hydrogens (tertiary/aromatic N) is 2. The van der Waals surface area contributed by atoms with Crippen LogP contribution in [-0.4, -0.2) is 21.6 Å². The quantitative estimate of drug-likeness (QED) is 0.272. The fourth-order valence-electron chi connectivity index (χ4n) is 4.76. The monoisotopic (exact) mass is 525 g/mol. The first kappa shape index (κ1) is 25.3. The van der Waals surface area contributed by atoms with E-state index in [1.807, 2.05) is 88.4 Å². The normalized spacial score (nSPS) is 14.5. The van der Waals surface area contributed by atoms with E-state index in [0.29, 0.717) is 33.4 Å². The number of carbonyl (C=O) groups excluding carboxylic acids is 2. The molecule has 8 heteroatoms. The molecule has 3 N–H and O–H groups in total. The lowest BCUT2D eigenvalue weighted by Gasteiger charge is -2.30. The molecular weight excluding hydrogens is 498 g/mol. The van der Waals surface area contributed by atoms with Crippen LogP contribution in [0.2, 0.25) is 5.02 Å². The Morgan fingerprint density at radius 2 is 1.66 bits per heavy atom. The Morgan fingerprint density at radius 3 is 2.39 bits per heavy atom. The van der Waals surface area contributed by atoms with Crippen molar-refractivity contribution in [2.45, 2.75) is 33.7 Å². The van der Waals surface area contributed by atoms with Gasteiger partial charge in [-0.15, -0.1) is 0 Å². The highest BCUT2D eigenvalue weighted by Crippen LogP contribution is 2.38. The van der Waals surface area contributed by atoms with Gasteiger partial charge in [-0.1, -0.05) is 53.6 Å². The number of nitrogens with one attached hydrogen (secondary N) is 3. The van der Waals surface area contributed by atoms with Gasteiger partial charge in [-0.3, -0.25) is 9.59 Å². The second-order valence-corrected chi connectivity index (χ2v) is 10.0. The summed E-state index contributed by atoms with van der Waals surface area (Å²) in [6.07, 6.45) is 1.52. The third-order valence-corrected chi connectivity index (χ3v) is 6.82. The maximum Gasteiger partial charge on any atom is 0.261 e. The van der Waals surface area contributed by atoms with Gasteiger partial charge in [0.2, 0.25) is 0 Å². The SMILES string of the molecule is CC1=C(C(=O)Nc2ccc(C)cc2C)[C@H](c2cccc(Cl)c2)n2ncc(C(=O)Nc3cccc(C)c3)c2N1. The molecule has 0 bridgehead atoms. The largest absolute Gasteiger partial charge is 0.343 e. The zero-order chi connectivity index (χ0) is 27.0. The Balaban J connectivity index is 1.55. The van der Waals surface area contributed by atoms with E-state index in [-0.39, 0.29) is 11.8 Å². The van der Waals surface area contributed by atoms with Gasteiger partial charge in [0.15, 0.2) is 0 Å². The fourth-order valence-corrected chi connectivity index (χ4v) is 4.96. The van der Waals surface area contributed by atoms with Crippen LogP contribution in [0.4, 0.5) is 17.2 Å². The standard InChI is InChI=1S/C30H28ClN5O2/c1-17-7-5-10-23(14-17)34-29(37)24-16-32-36-27(21-8-6-9-22(31)15-21)26(20(4)33-28(24)36)30(38)35-25-12-11-18(2)13-19(25)3/h5-16,27,33H,1-4H3,(H,34,37)(H,35,38)/t27-/m0/s1. The summed E-state index contributed by atoms with van der Waals surface area (Å²) in [6.45, 7) is 7.76. The van der Waals surface area contributed by atoms with Crippen molar-refractivity contribution in [3.05, 3.63) is 117 Å². The minimum atomic E-state index is -0.601. The van der Waals surface area contributed by atoms with Crippen LogP contribution in [0.25, 0.3) is 0 Å². The smallest absolute Gasteiger partial charge is 0.261 e. The zero-order valence-electron chi connectivity index (χ0n) is 21.6. The minimum Gasteiger partial charge on any atom is -0.343 e. The van der Waals surface area contributed by atoms with Gasteiger partial charge < -0.3 is 16.0 Å². The molecule has 1 aliphatic heterocycles. The molecule has 4 aromatic rings. The predicted molar refractivity (Wildman–Crippen MR) is 152 cm³/mol. The van der Waals surface area contributed by atoms with Crippen LogP contribution >= 0.6 is 11.6 Å². The molecule has 1 atom stereocenters. The first-order valence-electron chi connectivity index (χ1n) is 12.3. The van der Waals surface area contributed by atoms with Crippen LogP contribution in [0, 0.1) is 20.8 Å². The zero-order valence-corrected chi connectivity index (χ0v) is 22.4. The summed E-state index contributed by atoms with van der Waals surface area (Å²) >= 11 is 6.35. The predicted octanol–water partition coefficient (Wildman–Crippen LogP) is 6.64. The van der Waals surface area contributed by atoms with Crippen molar-refractivity contribution in [3.63, 3.8) is 0 Å². The summed E-state index contributed by atoms with van der Waals surface area (Å²) in [5, 5.41) is 14.4. The van der Waals surface area contributed by atoms with E-state index in [2.05, 4.69) is 21.0 Å². The second kappa shape index (κ2) is 10.2. The van der Waals surface area contributed by atoms with Crippen molar-refractivity contribution in [2.24, 2.45) is 0 Å². The van der Waals surface area contributed by atoms with E-state index in [4.69, 9.17) is 11.6 Å². The second-order valence-electron chi connectivity index (χ2n) is 9.57. The van der Waals surface area contributed by atoms with Crippen LogP contribution < -0.4 is 16.0 Å². The molecule has 0 saturated carbocycles. The highest BCUT2D eigenvalue weighted by atomic mass is 35.5. The number of allylic oxidation sites excluding steroid dienone is 1. The first-order valence-corrected chi connectivity index (χ1v) is 12.7. The number of aryl methyl sites for hydroxylation is 3. The van der Waals surface area contributed by atoms with E-state index in [1.165, 1.54) is 6.20 Å². The summed E-state index contributed by atoms with van der Waals surface area (Å²) in [4.78, 5) is 27.0. The molecule has 192 valence electrons. The van der Waals surface area contributed by atoms with Crippen molar-refractivity contribution in [1.82, 2.24) is 9.78 Å². The molecule has 3 aromatic carbocycles. The summed E-state index contributed by atoms with van der Waals surface area (Å²) in [5.74, 6) is -0.0651. The van der Waals surface area contributed by atoms with Crippen molar-refractivity contribution in [2.75, 3.05) is 16.0 Å². The molecular formula is C30H28ClN5O2. The lowest BCUT2D eigenvalue weighted by molar-refractivity contribution is -0.113. The third kappa shape index (κ3) is 4.93. The van der Waals surface area contributed by atoms with Gasteiger partial charge in [0, 0.05) is 22.1 Å². The first-order chi connectivity index (χ1) is 18.2. The van der Waals surface area contributed by atoms with Crippen LogP contribution in [0.3, 0.4) is 0 Å². The number of amides is 2. The van der Waals surface area contributed by atoms with E-state index >= 15 is 0 Å². The lowest BCUT2D eigenvalue weighted by Crippen LogP contribution is -2.32. The topological polar surface area (TPSA) is 88.0 Å². The third-order valence-electron chi connectivity index (χ3n) is 6.58.